The molecule has 1 aromatic carbocycles. The largest absolute Gasteiger partial charge is 0.508 e. The number of rotatable bonds is 4. The van der Waals surface area contributed by atoms with Gasteiger partial charge in [0.2, 0.25) is 0 Å². The number of hydrogen-bond acceptors (Lipinski definition) is 3. The van der Waals surface area contributed by atoms with Crippen LogP contribution in [0.5, 0.6) is 5.75 Å². The molecule has 1 fully saturated rings. The summed E-state index contributed by atoms with van der Waals surface area (Å²) in [5.41, 5.74) is 1.06. The maximum atomic E-state index is 9.48. The van der Waals surface area contributed by atoms with Gasteiger partial charge in [-0.3, -0.25) is 0 Å². The van der Waals surface area contributed by atoms with Crippen LogP contribution in [0.4, 0.5) is 0 Å². The molecule has 1 saturated heterocycles. The lowest BCUT2D eigenvalue weighted by Crippen LogP contribution is -2.48. The van der Waals surface area contributed by atoms with Crippen molar-refractivity contribution in [3.05, 3.63) is 29.8 Å². The van der Waals surface area contributed by atoms with E-state index in [1.807, 2.05) is 25.2 Å². The first-order valence-electron chi connectivity index (χ1n) is 6.23. The van der Waals surface area contributed by atoms with Crippen molar-refractivity contribution in [1.29, 1.82) is 0 Å². The van der Waals surface area contributed by atoms with E-state index in [-0.39, 0.29) is 11.6 Å². The van der Waals surface area contributed by atoms with Crippen molar-refractivity contribution in [3.63, 3.8) is 0 Å². The van der Waals surface area contributed by atoms with Crippen molar-refractivity contribution in [1.82, 2.24) is 5.32 Å². The Hall–Kier alpha value is -1.06. The van der Waals surface area contributed by atoms with Crippen LogP contribution >= 0.6 is 0 Å². The second kappa shape index (κ2) is 5.07. The first-order chi connectivity index (χ1) is 8.14. The van der Waals surface area contributed by atoms with Crippen molar-refractivity contribution in [2.45, 2.75) is 37.8 Å². The minimum absolute atomic E-state index is 0.0831. The van der Waals surface area contributed by atoms with Gasteiger partial charge in [0.05, 0.1) is 5.60 Å². The maximum absolute atomic E-state index is 9.48. The van der Waals surface area contributed by atoms with E-state index in [4.69, 9.17) is 4.74 Å². The third kappa shape index (κ3) is 2.79. The van der Waals surface area contributed by atoms with Gasteiger partial charge < -0.3 is 15.2 Å². The topological polar surface area (TPSA) is 41.5 Å². The monoisotopic (exact) mass is 235 g/mol. The molecule has 0 aromatic heterocycles. The predicted octanol–water partition coefficient (Wildman–Crippen LogP) is 2.09. The second-order valence-corrected chi connectivity index (χ2v) is 4.98. The Morgan fingerprint density at radius 2 is 2.35 bits per heavy atom. The van der Waals surface area contributed by atoms with E-state index in [1.165, 1.54) is 0 Å². The maximum Gasteiger partial charge on any atom is 0.115 e. The van der Waals surface area contributed by atoms with Crippen LogP contribution in [-0.2, 0) is 11.2 Å². The third-order valence-corrected chi connectivity index (χ3v) is 3.69. The molecule has 0 radical (unpaired) electrons. The zero-order valence-corrected chi connectivity index (χ0v) is 10.6. The first kappa shape index (κ1) is 12.4. The Bertz CT molecular complexity index is 372. The molecule has 1 aromatic rings. The molecule has 2 atom stereocenters. The summed E-state index contributed by atoms with van der Waals surface area (Å²) in [7, 11) is 1.97. The quantitative estimate of drug-likeness (QED) is 0.839. The normalized spacial score (nSPS) is 26.0. The lowest BCUT2D eigenvalue weighted by molar-refractivity contribution is -0.00944. The highest BCUT2D eigenvalue weighted by Crippen LogP contribution is 2.30. The summed E-state index contributed by atoms with van der Waals surface area (Å²) in [6.45, 7) is 3.03. The van der Waals surface area contributed by atoms with Crippen molar-refractivity contribution < 1.29 is 9.84 Å². The van der Waals surface area contributed by atoms with Crippen molar-refractivity contribution in [2.75, 3.05) is 13.7 Å². The Morgan fingerprint density at radius 1 is 1.53 bits per heavy atom. The smallest absolute Gasteiger partial charge is 0.115 e. The fourth-order valence-corrected chi connectivity index (χ4v) is 2.62. The van der Waals surface area contributed by atoms with E-state index in [0.717, 1.165) is 31.4 Å². The van der Waals surface area contributed by atoms with Gasteiger partial charge in [-0.05, 0) is 50.9 Å². The standard InChI is InChI=1S/C14H21NO2/c1-14(7-4-8-17-14)13(15-2)10-11-5-3-6-12(16)9-11/h3,5-6,9,13,15-16H,4,7-8,10H2,1-2H3. The van der Waals surface area contributed by atoms with Gasteiger partial charge in [0.1, 0.15) is 5.75 Å². The lowest BCUT2D eigenvalue weighted by Gasteiger charge is -2.33. The molecule has 0 saturated carbocycles. The number of benzene rings is 1. The van der Waals surface area contributed by atoms with Crippen LogP contribution < -0.4 is 5.32 Å². The van der Waals surface area contributed by atoms with Crippen LogP contribution in [0.2, 0.25) is 0 Å². The molecule has 1 heterocycles. The van der Waals surface area contributed by atoms with Crippen LogP contribution in [0.1, 0.15) is 25.3 Å². The summed E-state index contributed by atoms with van der Waals surface area (Å²) < 4.78 is 5.87. The summed E-state index contributed by atoms with van der Waals surface area (Å²) in [4.78, 5) is 0. The molecule has 2 unspecified atom stereocenters. The fraction of sp³-hybridized carbons (Fsp3) is 0.571. The van der Waals surface area contributed by atoms with Crippen LogP contribution in [0.3, 0.4) is 0 Å². The third-order valence-electron chi connectivity index (χ3n) is 3.69. The SMILES string of the molecule is CNC(Cc1cccc(O)c1)C1(C)CCCO1. The number of likely N-dealkylation sites (N-methyl/N-ethyl adjacent to an activating group) is 1. The van der Waals surface area contributed by atoms with Crippen molar-refractivity contribution in [3.8, 4) is 5.75 Å². The summed E-state index contributed by atoms with van der Waals surface area (Å²) >= 11 is 0. The van der Waals surface area contributed by atoms with Gasteiger partial charge in [-0.2, -0.15) is 0 Å². The molecule has 1 aliphatic heterocycles. The lowest BCUT2D eigenvalue weighted by atomic mass is 9.88. The molecule has 3 heteroatoms. The molecular formula is C14H21NO2. The first-order valence-corrected chi connectivity index (χ1v) is 6.23. The average molecular weight is 235 g/mol. The zero-order chi connectivity index (χ0) is 12.3. The number of phenols is 1. The molecule has 0 aliphatic carbocycles. The highest BCUT2D eigenvalue weighted by Gasteiger charge is 2.37. The summed E-state index contributed by atoms with van der Waals surface area (Å²) in [6.07, 6.45) is 3.10. The van der Waals surface area contributed by atoms with Crippen molar-refractivity contribution >= 4 is 0 Å². The second-order valence-electron chi connectivity index (χ2n) is 4.98. The molecule has 94 valence electrons. The average Bonchev–Trinajstić information content (AvgIpc) is 2.74. The molecule has 1 aliphatic rings. The molecule has 17 heavy (non-hydrogen) atoms. The van der Waals surface area contributed by atoms with Crippen LogP contribution in [0.15, 0.2) is 24.3 Å². The van der Waals surface area contributed by atoms with E-state index in [1.54, 1.807) is 6.07 Å². The minimum atomic E-state index is -0.0831. The van der Waals surface area contributed by atoms with E-state index in [2.05, 4.69) is 12.2 Å². The van der Waals surface area contributed by atoms with Crippen LogP contribution in [0, 0.1) is 0 Å². The molecular weight excluding hydrogens is 214 g/mol. The van der Waals surface area contributed by atoms with Gasteiger partial charge in [-0.25, -0.2) is 0 Å². The minimum Gasteiger partial charge on any atom is -0.508 e. The highest BCUT2D eigenvalue weighted by atomic mass is 16.5. The number of hydrogen-bond donors (Lipinski definition) is 2. The molecule has 0 spiro atoms. The Kier molecular flexibility index (Phi) is 3.69. The van der Waals surface area contributed by atoms with E-state index < -0.39 is 0 Å². The summed E-state index contributed by atoms with van der Waals surface area (Å²) in [6, 6.07) is 7.73. The Morgan fingerprint density at radius 3 is 2.94 bits per heavy atom. The van der Waals surface area contributed by atoms with Gasteiger partial charge in [0, 0.05) is 12.6 Å². The fourth-order valence-electron chi connectivity index (χ4n) is 2.62. The van der Waals surface area contributed by atoms with Gasteiger partial charge in [0.15, 0.2) is 0 Å². The van der Waals surface area contributed by atoms with E-state index in [0.29, 0.717) is 5.75 Å². The zero-order valence-electron chi connectivity index (χ0n) is 10.6. The molecule has 0 bridgehead atoms. The molecule has 2 rings (SSSR count). The number of aromatic hydroxyl groups is 1. The summed E-state index contributed by atoms with van der Waals surface area (Å²) in [5, 5.41) is 12.8. The van der Waals surface area contributed by atoms with Gasteiger partial charge >= 0.3 is 0 Å². The van der Waals surface area contributed by atoms with E-state index in [9.17, 15) is 5.11 Å². The predicted molar refractivity (Wildman–Crippen MR) is 68.2 cm³/mol. The molecule has 2 N–H and O–H groups in total. The number of phenolic OH excluding ortho intramolecular Hbond substituents is 1. The van der Waals surface area contributed by atoms with Gasteiger partial charge in [0.25, 0.3) is 0 Å². The number of nitrogens with one attached hydrogen (secondary N) is 1. The Balaban J connectivity index is 2.09. The highest BCUT2D eigenvalue weighted by molar-refractivity contribution is 5.28. The summed E-state index contributed by atoms with van der Waals surface area (Å²) in [5.74, 6) is 0.329. The van der Waals surface area contributed by atoms with Crippen molar-refractivity contribution in [2.24, 2.45) is 0 Å². The Labute approximate surface area is 103 Å². The van der Waals surface area contributed by atoms with Gasteiger partial charge in [-0.15, -0.1) is 0 Å². The van der Waals surface area contributed by atoms with Crippen LogP contribution in [-0.4, -0.2) is 30.4 Å². The van der Waals surface area contributed by atoms with Gasteiger partial charge in [-0.1, -0.05) is 12.1 Å². The molecule has 3 nitrogen and oxygen atoms in total. The van der Waals surface area contributed by atoms with E-state index >= 15 is 0 Å². The number of ether oxygens (including phenoxy) is 1. The van der Waals surface area contributed by atoms with Crippen LogP contribution in [0.25, 0.3) is 0 Å². The molecule has 0 amide bonds.